The summed E-state index contributed by atoms with van der Waals surface area (Å²) >= 11 is 1.48. The third-order valence-corrected chi connectivity index (χ3v) is 4.50. The lowest BCUT2D eigenvalue weighted by atomic mass is 10.3. The second-order valence-electron chi connectivity index (χ2n) is 5.03. The van der Waals surface area contributed by atoms with Gasteiger partial charge in [-0.3, -0.25) is 19.6 Å². The normalized spacial score (nSPS) is 11.8. The molecule has 0 aliphatic rings. The Bertz CT molecular complexity index is 970. The predicted octanol–water partition coefficient (Wildman–Crippen LogP) is 1.37. The molecule has 0 saturated heterocycles. The molecule has 3 aromatic rings. The molecular formula is C14H14N6O3S. The van der Waals surface area contributed by atoms with E-state index in [1.165, 1.54) is 22.2 Å². The standard InChI is InChI=1S/C14H14N6O3S/c1-18-11-4-2-3-5-12(11)24-14(18)17-16-13(21)6-7-19-9-10(8-15-19)20(22)23/h2-5,8-9H,6-7H2,1H3,(H,16,21)/b17-14-. The van der Waals surface area contributed by atoms with Crippen molar-refractivity contribution in [3.8, 4) is 0 Å². The van der Waals surface area contributed by atoms with Gasteiger partial charge in [-0.15, -0.1) is 5.10 Å². The maximum absolute atomic E-state index is 11.9. The number of fused-ring (bicyclic) bond motifs is 1. The van der Waals surface area contributed by atoms with Crippen molar-refractivity contribution in [2.75, 3.05) is 0 Å². The van der Waals surface area contributed by atoms with Crippen LogP contribution >= 0.6 is 11.3 Å². The molecule has 0 radical (unpaired) electrons. The van der Waals surface area contributed by atoms with Gasteiger partial charge in [-0.25, -0.2) is 5.43 Å². The van der Waals surface area contributed by atoms with Crippen LogP contribution in [0.5, 0.6) is 0 Å². The molecule has 24 heavy (non-hydrogen) atoms. The molecule has 0 bridgehead atoms. The first-order chi connectivity index (χ1) is 11.5. The van der Waals surface area contributed by atoms with E-state index < -0.39 is 4.92 Å². The molecule has 10 heteroatoms. The first-order valence-corrected chi connectivity index (χ1v) is 7.90. The summed E-state index contributed by atoms with van der Waals surface area (Å²) in [6, 6.07) is 7.87. The molecule has 0 aliphatic carbocycles. The Morgan fingerprint density at radius 2 is 2.25 bits per heavy atom. The number of thiazole rings is 1. The molecule has 0 saturated carbocycles. The monoisotopic (exact) mass is 346 g/mol. The molecule has 1 aromatic carbocycles. The maximum Gasteiger partial charge on any atom is 0.306 e. The number of nitrogens with zero attached hydrogens (tertiary/aromatic N) is 5. The van der Waals surface area contributed by atoms with Gasteiger partial charge in [0.05, 0.1) is 21.7 Å². The van der Waals surface area contributed by atoms with E-state index in [0.29, 0.717) is 4.80 Å². The Morgan fingerprint density at radius 3 is 2.96 bits per heavy atom. The molecule has 2 heterocycles. The number of carbonyl (C=O) groups excluding carboxylic acids is 1. The zero-order valence-corrected chi connectivity index (χ0v) is 13.6. The van der Waals surface area contributed by atoms with Crippen LogP contribution in [0.15, 0.2) is 41.8 Å². The van der Waals surface area contributed by atoms with Gasteiger partial charge >= 0.3 is 5.69 Å². The van der Waals surface area contributed by atoms with Crippen molar-refractivity contribution >= 4 is 33.1 Å². The number of hydrogen-bond donors (Lipinski definition) is 1. The second kappa shape index (κ2) is 6.62. The third kappa shape index (κ3) is 3.33. The minimum absolute atomic E-state index is 0.0996. The molecule has 0 atom stereocenters. The number of nitrogens with one attached hydrogen (secondary N) is 1. The van der Waals surface area contributed by atoms with Gasteiger partial charge in [-0.05, 0) is 12.1 Å². The second-order valence-corrected chi connectivity index (χ2v) is 6.04. The van der Waals surface area contributed by atoms with Crippen molar-refractivity contribution in [2.24, 2.45) is 12.1 Å². The third-order valence-electron chi connectivity index (χ3n) is 3.39. The Labute approximate surface area is 140 Å². The Hall–Kier alpha value is -3.01. The molecule has 0 aliphatic heterocycles. The van der Waals surface area contributed by atoms with E-state index in [4.69, 9.17) is 0 Å². The molecule has 0 spiro atoms. The smallest absolute Gasteiger partial charge is 0.306 e. The summed E-state index contributed by atoms with van der Waals surface area (Å²) in [5.74, 6) is -0.286. The van der Waals surface area contributed by atoms with E-state index >= 15 is 0 Å². The number of benzene rings is 1. The summed E-state index contributed by atoms with van der Waals surface area (Å²) in [7, 11) is 1.88. The number of carbonyl (C=O) groups is 1. The zero-order valence-electron chi connectivity index (χ0n) is 12.7. The van der Waals surface area contributed by atoms with E-state index in [2.05, 4.69) is 15.6 Å². The minimum atomic E-state index is -0.527. The van der Waals surface area contributed by atoms with E-state index in [1.807, 2.05) is 35.9 Å². The summed E-state index contributed by atoms with van der Waals surface area (Å²) in [5.41, 5.74) is 3.44. The highest BCUT2D eigenvalue weighted by molar-refractivity contribution is 7.16. The van der Waals surface area contributed by atoms with Crippen LogP contribution in [0.3, 0.4) is 0 Å². The summed E-state index contributed by atoms with van der Waals surface area (Å²) in [4.78, 5) is 22.6. The van der Waals surface area contributed by atoms with Gasteiger partial charge in [-0.1, -0.05) is 23.5 Å². The first-order valence-electron chi connectivity index (χ1n) is 7.08. The Kier molecular flexibility index (Phi) is 4.38. The molecule has 2 aromatic heterocycles. The van der Waals surface area contributed by atoms with Gasteiger partial charge < -0.3 is 4.57 Å². The van der Waals surface area contributed by atoms with Crippen LogP contribution in [-0.4, -0.2) is 25.2 Å². The van der Waals surface area contributed by atoms with Gasteiger partial charge in [0, 0.05) is 13.5 Å². The van der Waals surface area contributed by atoms with Gasteiger partial charge in [0.1, 0.15) is 12.4 Å². The van der Waals surface area contributed by atoms with E-state index in [1.54, 1.807) is 0 Å². The minimum Gasteiger partial charge on any atom is -0.318 e. The SMILES string of the molecule is Cn1/c(=N/NC(=O)CCn2cc([N+](=O)[O-])cn2)sc2ccccc21. The lowest BCUT2D eigenvalue weighted by Crippen LogP contribution is -2.24. The van der Waals surface area contributed by atoms with Gasteiger partial charge in [-0.2, -0.15) is 5.10 Å². The van der Waals surface area contributed by atoms with E-state index in [9.17, 15) is 14.9 Å². The Morgan fingerprint density at radius 1 is 1.46 bits per heavy atom. The van der Waals surface area contributed by atoms with Crippen LogP contribution in [0.1, 0.15) is 6.42 Å². The zero-order chi connectivity index (χ0) is 17.1. The summed E-state index contributed by atoms with van der Waals surface area (Å²) in [5, 5.41) is 18.5. The summed E-state index contributed by atoms with van der Waals surface area (Å²) < 4.78 is 4.34. The van der Waals surface area contributed by atoms with Crippen LogP contribution in [0.2, 0.25) is 0 Å². The molecule has 1 amide bonds. The maximum atomic E-state index is 11.9. The topological polar surface area (TPSA) is 107 Å². The van der Waals surface area contributed by atoms with Crippen molar-refractivity contribution in [3.05, 3.63) is 51.6 Å². The number of aromatic nitrogens is 3. The van der Waals surface area contributed by atoms with Crippen molar-refractivity contribution in [3.63, 3.8) is 0 Å². The highest BCUT2D eigenvalue weighted by Gasteiger charge is 2.09. The average Bonchev–Trinajstić information content (AvgIpc) is 3.17. The fraction of sp³-hybridized carbons (Fsp3) is 0.214. The summed E-state index contributed by atoms with van der Waals surface area (Å²) in [6.45, 7) is 0.244. The molecule has 0 fully saturated rings. The number of amides is 1. The van der Waals surface area contributed by atoms with Crippen molar-refractivity contribution in [1.82, 2.24) is 19.8 Å². The average molecular weight is 346 g/mol. The van der Waals surface area contributed by atoms with Gasteiger partial charge in [0.25, 0.3) is 0 Å². The quantitative estimate of drug-likeness (QED) is 0.556. The highest BCUT2D eigenvalue weighted by Crippen LogP contribution is 2.14. The molecule has 124 valence electrons. The van der Waals surface area contributed by atoms with Crippen LogP contribution in [-0.2, 0) is 18.4 Å². The Balaban J connectivity index is 1.63. The highest BCUT2D eigenvalue weighted by atomic mass is 32.1. The van der Waals surface area contributed by atoms with E-state index in [0.717, 1.165) is 16.4 Å². The van der Waals surface area contributed by atoms with Crippen LogP contribution in [0.25, 0.3) is 10.2 Å². The lowest BCUT2D eigenvalue weighted by molar-refractivity contribution is -0.385. The molecule has 9 nitrogen and oxygen atoms in total. The van der Waals surface area contributed by atoms with Gasteiger partial charge in [0.15, 0.2) is 0 Å². The molecule has 3 rings (SSSR count). The van der Waals surface area contributed by atoms with Gasteiger partial charge in [0.2, 0.25) is 10.7 Å². The number of hydrogen-bond acceptors (Lipinski definition) is 6. The number of nitro groups is 1. The predicted molar refractivity (Wildman–Crippen MR) is 88.0 cm³/mol. The van der Waals surface area contributed by atoms with Crippen molar-refractivity contribution in [1.29, 1.82) is 0 Å². The first kappa shape index (κ1) is 15.9. The van der Waals surface area contributed by atoms with Crippen molar-refractivity contribution < 1.29 is 9.72 Å². The molecule has 0 unspecified atom stereocenters. The number of para-hydroxylation sites is 1. The summed E-state index contributed by atoms with van der Waals surface area (Å²) in [6.07, 6.45) is 2.56. The largest absolute Gasteiger partial charge is 0.318 e. The van der Waals surface area contributed by atoms with Crippen LogP contribution in [0.4, 0.5) is 5.69 Å². The number of aryl methyl sites for hydroxylation is 2. The van der Waals surface area contributed by atoms with Crippen LogP contribution < -0.4 is 10.2 Å². The van der Waals surface area contributed by atoms with E-state index in [-0.39, 0.29) is 24.6 Å². The molecular weight excluding hydrogens is 332 g/mol. The van der Waals surface area contributed by atoms with Crippen LogP contribution in [0, 0.1) is 10.1 Å². The molecule has 1 N–H and O–H groups in total. The fourth-order valence-electron chi connectivity index (χ4n) is 2.14. The number of rotatable bonds is 5. The van der Waals surface area contributed by atoms with Crippen molar-refractivity contribution in [2.45, 2.75) is 13.0 Å². The fourth-order valence-corrected chi connectivity index (χ4v) is 3.12. The lowest BCUT2D eigenvalue weighted by Gasteiger charge is -2.00.